The minimum Gasteiger partial charge on any atom is -0.496 e. The average molecular weight is 293 g/mol. The van der Waals surface area contributed by atoms with E-state index in [2.05, 4.69) is 28.2 Å². The Labute approximate surface area is 128 Å². The summed E-state index contributed by atoms with van der Waals surface area (Å²) in [5, 5.41) is 3.30. The van der Waals surface area contributed by atoms with Gasteiger partial charge in [0.2, 0.25) is 0 Å². The van der Waals surface area contributed by atoms with Crippen molar-refractivity contribution in [1.82, 2.24) is 10.2 Å². The lowest BCUT2D eigenvalue weighted by atomic mass is 10.2. The molecule has 118 valence electrons. The zero-order valence-corrected chi connectivity index (χ0v) is 13.6. The van der Waals surface area contributed by atoms with Crippen LogP contribution in [0.4, 0.5) is 0 Å². The van der Waals surface area contributed by atoms with Gasteiger partial charge in [-0.1, -0.05) is 18.2 Å². The number of guanidine groups is 1. The van der Waals surface area contributed by atoms with Crippen LogP contribution in [0.15, 0.2) is 29.3 Å². The summed E-state index contributed by atoms with van der Waals surface area (Å²) in [4.78, 5) is 6.66. The fourth-order valence-electron chi connectivity index (χ4n) is 1.99. The molecule has 1 aromatic rings. The number of methoxy groups -OCH3 is 1. The molecule has 0 saturated heterocycles. The van der Waals surface area contributed by atoms with Gasteiger partial charge in [-0.25, -0.2) is 0 Å². The van der Waals surface area contributed by atoms with Crippen LogP contribution in [-0.4, -0.2) is 51.3 Å². The van der Waals surface area contributed by atoms with Crippen LogP contribution in [0.5, 0.6) is 5.75 Å². The predicted molar refractivity (Wildman–Crippen MR) is 86.9 cm³/mol. The van der Waals surface area contributed by atoms with E-state index in [1.165, 1.54) is 0 Å². The maximum atomic E-state index is 5.39. The van der Waals surface area contributed by atoms with Crippen molar-refractivity contribution in [1.29, 1.82) is 0 Å². The first-order chi connectivity index (χ1) is 10.2. The van der Waals surface area contributed by atoms with Crippen molar-refractivity contribution >= 4 is 5.96 Å². The number of hydrogen-bond acceptors (Lipinski definition) is 3. The molecule has 0 aliphatic rings. The molecule has 1 N–H and O–H groups in total. The van der Waals surface area contributed by atoms with Crippen molar-refractivity contribution in [2.75, 3.05) is 40.5 Å². The number of nitrogens with one attached hydrogen (secondary N) is 1. The minimum atomic E-state index is 0.647. The molecule has 0 saturated carbocycles. The molecule has 0 heterocycles. The summed E-state index contributed by atoms with van der Waals surface area (Å²) in [6.07, 6.45) is 0. The Balaban J connectivity index is 2.69. The van der Waals surface area contributed by atoms with Crippen molar-refractivity contribution in [2.45, 2.75) is 20.4 Å². The first-order valence-electron chi connectivity index (χ1n) is 7.42. The van der Waals surface area contributed by atoms with E-state index in [9.17, 15) is 0 Å². The summed E-state index contributed by atoms with van der Waals surface area (Å²) in [7, 11) is 3.72. The van der Waals surface area contributed by atoms with Crippen LogP contribution in [0.25, 0.3) is 0 Å². The van der Waals surface area contributed by atoms with E-state index < -0.39 is 0 Å². The highest BCUT2D eigenvalue weighted by molar-refractivity contribution is 5.79. The van der Waals surface area contributed by atoms with Crippen molar-refractivity contribution in [3.63, 3.8) is 0 Å². The molecule has 0 fully saturated rings. The van der Waals surface area contributed by atoms with Gasteiger partial charge in [-0.05, 0) is 19.9 Å². The fourth-order valence-corrected chi connectivity index (χ4v) is 1.99. The maximum Gasteiger partial charge on any atom is 0.194 e. The van der Waals surface area contributed by atoms with Gasteiger partial charge in [0, 0.05) is 32.3 Å². The van der Waals surface area contributed by atoms with Crippen molar-refractivity contribution in [3.05, 3.63) is 29.8 Å². The molecule has 0 spiro atoms. The topological polar surface area (TPSA) is 46.1 Å². The molecule has 5 heteroatoms. The molecule has 0 aromatic heterocycles. The summed E-state index contributed by atoms with van der Waals surface area (Å²) < 4.78 is 10.7. The number of nitrogens with zero attached hydrogens (tertiary/aromatic N) is 2. The quantitative estimate of drug-likeness (QED) is 0.453. The lowest BCUT2D eigenvalue weighted by molar-refractivity contribution is 0.155. The van der Waals surface area contributed by atoms with Crippen molar-refractivity contribution < 1.29 is 9.47 Å². The van der Waals surface area contributed by atoms with Crippen LogP contribution < -0.4 is 10.1 Å². The lowest BCUT2D eigenvalue weighted by Crippen LogP contribution is -2.38. The zero-order valence-electron chi connectivity index (χ0n) is 13.6. The predicted octanol–water partition coefficient (Wildman–Crippen LogP) is 2.13. The second-order valence-electron chi connectivity index (χ2n) is 4.60. The van der Waals surface area contributed by atoms with Gasteiger partial charge in [0.15, 0.2) is 5.96 Å². The van der Waals surface area contributed by atoms with Crippen molar-refractivity contribution in [3.8, 4) is 5.75 Å². The van der Waals surface area contributed by atoms with Gasteiger partial charge >= 0.3 is 0 Å². The van der Waals surface area contributed by atoms with E-state index in [1.807, 2.05) is 32.2 Å². The number of ether oxygens (including phenoxy) is 2. The number of aliphatic imine (C=N–C) groups is 1. The van der Waals surface area contributed by atoms with Crippen LogP contribution in [0, 0.1) is 0 Å². The van der Waals surface area contributed by atoms with Crippen LogP contribution >= 0.6 is 0 Å². The minimum absolute atomic E-state index is 0.647. The third-order valence-corrected chi connectivity index (χ3v) is 3.00. The highest BCUT2D eigenvalue weighted by Gasteiger charge is 2.09. The third-order valence-electron chi connectivity index (χ3n) is 3.00. The summed E-state index contributed by atoms with van der Waals surface area (Å²) in [6.45, 7) is 7.66. The van der Waals surface area contributed by atoms with Crippen LogP contribution in [0.1, 0.15) is 19.4 Å². The van der Waals surface area contributed by atoms with Crippen LogP contribution in [0.2, 0.25) is 0 Å². The van der Waals surface area contributed by atoms with E-state index in [4.69, 9.17) is 9.47 Å². The number of benzene rings is 1. The Hall–Kier alpha value is -1.75. The summed E-state index contributed by atoms with van der Waals surface area (Å²) in [5.74, 6) is 1.78. The van der Waals surface area contributed by atoms with Gasteiger partial charge in [0.25, 0.3) is 0 Å². The Bertz CT molecular complexity index is 435. The van der Waals surface area contributed by atoms with Gasteiger partial charge < -0.3 is 19.7 Å². The van der Waals surface area contributed by atoms with Crippen molar-refractivity contribution in [2.24, 2.45) is 4.99 Å². The molecule has 0 bridgehead atoms. The van der Waals surface area contributed by atoms with Gasteiger partial charge in [0.1, 0.15) is 5.75 Å². The van der Waals surface area contributed by atoms with E-state index in [-0.39, 0.29) is 0 Å². The molecule has 0 aliphatic carbocycles. The molecular formula is C16H27N3O2. The van der Waals surface area contributed by atoms with Crippen LogP contribution in [-0.2, 0) is 11.3 Å². The Morgan fingerprint density at radius 1 is 1.29 bits per heavy atom. The Morgan fingerprint density at radius 3 is 2.71 bits per heavy atom. The molecule has 0 amide bonds. The normalized spacial score (nSPS) is 11.3. The molecule has 1 aromatic carbocycles. The Kier molecular flexibility index (Phi) is 8.28. The van der Waals surface area contributed by atoms with Crippen LogP contribution in [0.3, 0.4) is 0 Å². The smallest absolute Gasteiger partial charge is 0.194 e. The molecule has 0 atom stereocenters. The van der Waals surface area contributed by atoms with E-state index in [1.54, 1.807) is 7.11 Å². The van der Waals surface area contributed by atoms with E-state index in [0.717, 1.165) is 37.0 Å². The van der Waals surface area contributed by atoms with E-state index in [0.29, 0.717) is 13.2 Å². The molecule has 21 heavy (non-hydrogen) atoms. The molecule has 0 aliphatic heterocycles. The van der Waals surface area contributed by atoms with Gasteiger partial charge in [0.05, 0.1) is 20.3 Å². The third kappa shape index (κ3) is 6.04. The first kappa shape index (κ1) is 17.3. The van der Waals surface area contributed by atoms with Gasteiger partial charge in [-0.15, -0.1) is 0 Å². The van der Waals surface area contributed by atoms with E-state index >= 15 is 0 Å². The maximum absolute atomic E-state index is 5.39. The monoisotopic (exact) mass is 293 g/mol. The molecule has 1 rings (SSSR count). The first-order valence-corrected chi connectivity index (χ1v) is 7.42. The summed E-state index contributed by atoms with van der Waals surface area (Å²) >= 11 is 0. The average Bonchev–Trinajstić information content (AvgIpc) is 2.51. The number of para-hydroxylation sites is 1. The second-order valence-corrected chi connectivity index (χ2v) is 4.60. The fraction of sp³-hybridized carbons (Fsp3) is 0.562. The van der Waals surface area contributed by atoms with Gasteiger partial charge in [-0.2, -0.15) is 0 Å². The SMILES string of the molecule is CCNC(=NCCOCC)N(C)Cc1ccccc1OC. The molecule has 0 radical (unpaired) electrons. The highest BCUT2D eigenvalue weighted by Crippen LogP contribution is 2.18. The molecule has 5 nitrogen and oxygen atoms in total. The molecular weight excluding hydrogens is 266 g/mol. The lowest BCUT2D eigenvalue weighted by Gasteiger charge is -2.23. The summed E-state index contributed by atoms with van der Waals surface area (Å²) in [6, 6.07) is 8.04. The Morgan fingerprint density at radius 2 is 2.05 bits per heavy atom. The zero-order chi connectivity index (χ0) is 15.5. The molecule has 0 unspecified atom stereocenters. The second kappa shape index (κ2) is 10.0. The van der Waals surface area contributed by atoms with Gasteiger partial charge in [-0.3, -0.25) is 4.99 Å². The largest absolute Gasteiger partial charge is 0.496 e. The standard InChI is InChI=1S/C16H27N3O2/c1-5-17-16(18-11-12-21-6-2)19(3)13-14-9-7-8-10-15(14)20-4/h7-10H,5-6,11-13H2,1-4H3,(H,17,18). The number of hydrogen-bond donors (Lipinski definition) is 1. The summed E-state index contributed by atoms with van der Waals surface area (Å²) in [5.41, 5.74) is 1.14. The number of rotatable bonds is 8. The highest BCUT2D eigenvalue weighted by atomic mass is 16.5.